The first-order valence-electron chi connectivity index (χ1n) is 6.80. The van der Waals surface area contributed by atoms with Crippen molar-refractivity contribution in [3.8, 4) is 0 Å². The molecule has 1 aromatic rings. The lowest BCUT2D eigenvalue weighted by atomic mass is 10.1. The number of carbonyl (C=O) groups is 3. The van der Waals surface area contributed by atoms with Crippen LogP contribution in [0.25, 0.3) is 0 Å². The number of urea groups is 1. The molecule has 0 aliphatic carbocycles. The number of aliphatic hydroxyl groups is 1. The maximum absolute atomic E-state index is 12.1. The smallest absolute Gasteiger partial charge is 0.312 e. The molecular formula is C14H20N4O4. The molecule has 0 saturated heterocycles. The number of nitrogens with two attached hydrogens (primary N) is 1. The SMILES string of the molecule is NC(=O)NCCC[C@H](NC=O)C(=O)Nc1ccc(CO)cc1. The molecule has 0 saturated carbocycles. The largest absolute Gasteiger partial charge is 0.392 e. The van der Waals surface area contributed by atoms with E-state index >= 15 is 0 Å². The number of hydrogen-bond donors (Lipinski definition) is 5. The second-order valence-electron chi connectivity index (χ2n) is 4.61. The Kier molecular flexibility index (Phi) is 7.41. The Bertz CT molecular complexity index is 504. The maximum atomic E-state index is 12.1. The number of benzene rings is 1. The van der Waals surface area contributed by atoms with Crippen LogP contribution in [0.4, 0.5) is 10.5 Å². The van der Waals surface area contributed by atoms with Crippen LogP contribution in [0.3, 0.4) is 0 Å². The molecule has 1 atom stereocenters. The third-order valence-corrected chi connectivity index (χ3v) is 2.96. The number of hydrogen-bond acceptors (Lipinski definition) is 4. The normalized spacial score (nSPS) is 11.3. The fourth-order valence-electron chi connectivity index (χ4n) is 1.81. The minimum absolute atomic E-state index is 0.0730. The summed E-state index contributed by atoms with van der Waals surface area (Å²) in [5.74, 6) is -0.358. The standard InChI is InChI=1S/C14H20N4O4/c15-14(22)16-7-1-2-12(17-9-20)13(21)18-11-5-3-10(8-19)4-6-11/h3-6,9,12,19H,1-2,7-8H2,(H,17,20)(H,18,21)(H3,15,16,22)/t12-/m0/s1. The first kappa shape index (κ1) is 17.4. The van der Waals surface area contributed by atoms with Gasteiger partial charge in [0.25, 0.3) is 0 Å². The lowest BCUT2D eigenvalue weighted by molar-refractivity contribution is -0.121. The number of amides is 4. The van der Waals surface area contributed by atoms with Gasteiger partial charge in [0.15, 0.2) is 0 Å². The number of nitrogens with one attached hydrogen (secondary N) is 3. The highest BCUT2D eigenvalue weighted by atomic mass is 16.3. The summed E-state index contributed by atoms with van der Waals surface area (Å²) >= 11 is 0. The number of anilines is 1. The van der Waals surface area contributed by atoms with Gasteiger partial charge in [0.05, 0.1) is 6.61 Å². The lowest BCUT2D eigenvalue weighted by Gasteiger charge is -2.16. The topological polar surface area (TPSA) is 134 Å². The summed E-state index contributed by atoms with van der Waals surface area (Å²) < 4.78 is 0. The van der Waals surface area contributed by atoms with Gasteiger partial charge in [0.1, 0.15) is 6.04 Å². The van der Waals surface area contributed by atoms with Crippen LogP contribution < -0.4 is 21.7 Å². The molecule has 8 nitrogen and oxygen atoms in total. The van der Waals surface area contributed by atoms with Gasteiger partial charge in [-0.2, -0.15) is 0 Å². The lowest BCUT2D eigenvalue weighted by Crippen LogP contribution is -2.40. The van der Waals surface area contributed by atoms with Crippen molar-refractivity contribution in [1.29, 1.82) is 0 Å². The summed E-state index contributed by atoms with van der Waals surface area (Å²) in [5.41, 5.74) is 6.23. The molecule has 0 aromatic heterocycles. The molecule has 0 spiro atoms. The number of primary amides is 1. The van der Waals surface area contributed by atoms with Crippen LogP contribution >= 0.6 is 0 Å². The van der Waals surface area contributed by atoms with Crippen molar-refractivity contribution in [3.63, 3.8) is 0 Å². The fraction of sp³-hybridized carbons (Fsp3) is 0.357. The predicted octanol–water partition coefficient (Wildman–Crippen LogP) is -0.320. The van der Waals surface area contributed by atoms with Crippen LogP contribution in [0.15, 0.2) is 24.3 Å². The van der Waals surface area contributed by atoms with E-state index in [2.05, 4.69) is 16.0 Å². The van der Waals surface area contributed by atoms with Crippen molar-refractivity contribution in [3.05, 3.63) is 29.8 Å². The Morgan fingerprint density at radius 1 is 1.27 bits per heavy atom. The predicted molar refractivity (Wildman–Crippen MR) is 80.8 cm³/mol. The Balaban J connectivity index is 2.52. The van der Waals surface area contributed by atoms with E-state index in [4.69, 9.17) is 10.8 Å². The van der Waals surface area contributed by atoms with Gasteiger partial charge in [-0.15, -0.1) is 0 Å². The second kappa shape index (κ2) is 9.35. The zero-order valence-electron chi connectivity index (χ0n) is 12.0. The molecule has 0 heterocycles. The molecule has 0 unspecified atom stereocenters. The van der Waals surface area contributed by atoms with Gasteiger partial charge >= 0.3 is 6.03 Å². The quantitative estimate of drug-likeness (QED) is 0.316. The van der Waals surface area contributed by atoms with Gasteiger partial charge in [-0.25, -0.2) is 4.79 Å². The van der Waals surface area contributed by atoms with E-state index in [0.717, 1.165) is 5.56 Å². The molecule has 0 bridgehead atoms. The van der Waals surface area contributed by atoms with Crippen LogP contribution in [0.2, 0.25) is 0 Å². The number of rotatable bonds is 9. The third-order valence-electron chi connectivity index (χ3n) is 2.96. The van der Waals surface area contributed by atoms with Gasteiger partial charge in [0, 0.05) is 12.2 Å². The zero-order valence-corrected chi connectivity index (χ0v) is 12.0. The van der Waals surface area contributed by atoms with E-state index in [1.54, 1.807) is 24.3 Å². The molecule has 120 valence electrons. The Morgan fingerprint density at radius 2 is 1.95 bits per heavy atom. The molecule has 6 N–H and O–H groups in total. The van der Waals surface area contributed by atoms with Crippen molar-refractivity contribution in [2.45, 2.75) is 25.5 Å². The Morgan fingerprint density at radius 3 is 2.50 bits per heavy atom. The molecular weight excluding hydrogens is 288 g/mol. The van der Waals surface area contributed by atoms with Gasteiger partial charge in [-0.05, 0) is 30.5 Å². The van der Waals surface area contributed by atoms with E-state index in [9.17, 15) is 14.4 Å². The molecule has 4 amide bonds. The molecule has 0 aliphatic heterocycles. The minimum atomic E-state index is -0.704. The van der Waals surface area contributed by atoms with E-state index in [1.807, 2.05) is 0 Å². The van der Waals surface area contributed by atoms with Crippen LogP contribution in [0.1, 0.15) is 18.4 Å². The van der Waals surface area contributed by atoms with E-state index < -0.39 is 12.1 Å². The first-order valence-corrected chi connectivity index (χ1v) is 6.80. The van der Waals surface area contributed by atoms with Gasteiger partial charge in [-0.3, -0.25) is 9.59 Å². The molecule has 1 rings (SSSR count). The second-order valence-corrected chi connectivity index (χ2v) is 4.61. The van der Waals surface area contributed by atoms with E-state index in [0.29, 0.717) is 31.5 Å². The molecule has 8 heteroatoms. The average Bonchev–Trinajstić information content (AvgIpc) is 2.50. The first-order chi connectivity index (χ1) is 10.6. The van der Waals surface area contributed by atoms with Crippen molar-refractivity contribution in [2.75, 3.05) is 11.9 Å². The van der Waals surface area contributed by atoms with Crippen molar-refractivity contribution in [2.24, 2.45) is 5.73 Å². The molecule has 0 fully saturated rings. The summed E-state index contributed by atoms with van der Waals surface area (Å²) in [5, 5.41) is 16.5. The molecule has 1 aromatic carbocycles. The van der Waals surface area contributed by atoms with E-state index in [1.165, 1.54) is 0 Å². The summed E-state index contributed by atoms with van der Waals surface area (Å²) in [6, 6.07) is 5.37. The van der Waals surface area contributed by atoms with Crippen LogP contribution in [-0.4, -0.2) is 36.0 Å². The fourth-order valence-corrected chi connectivity index (χ4v) is 1.81. The highest BCUT2D eigenvalue weighted by Gasteiger charge is 2.17. The van der Waals surface area contributed by atoms with Gasteiger partial charge in [-0.1, -0.05) is 12.1 Å². The maximum Gasteiger partial charge on any atom is 0.312 e. The zero-order chi connectivity index (χ0) is 16.4. The Hall–Kier alpha value is -2.61. The summed E-state index contributed by atoms with van der Waals surface area (Å²) in [7, 11) is 0. The monoisotopic (exact) mass is 308 g/mol. The number of carbonyl (C=O) groups excluding carboxylic acids is 3. The summed E-state index contributed by atoms with van der Waals surface area (Å²) in [4.78, 5) is 33.2. The molecule has 0 aliphatic rings. The highest BCUT2D eigenvalue weighted by Crippen LogP contribution is 2.10. The van der Waals surface area contributed by atoms with Gasteiger partial charge < -0.3 is 26.8 Å². The summed E-state index contributed by atoms with van der Waals surface area (Å²) in [6.07, 6.45) is 1.31. The van der Waals surface area contributed by atoms with Crippen molar-refractivity contribution in [1.82, 2.24) is 10.6 Å². The van der Waals surface area contributed by atoms with Crippen LogP contribution in [0.5, 0.6) is 0 Å². The van der Waals surface area contributed by atoms with Crippen molar-refractivity contribution < 1.29 is 19.5 Å². The van der Waals surface area contributed by atoms with Gasteiger partial charge in [0.2, 0.25) is 12.3 Å². The third kappa shape index (κ3) is 6.23. The molecule has 0 radical (unpaired) electrons. The van der Waals surface area contributed by atoms with Crippen LogP contribution in [-0.2, 0) is 16.2 Å². The highest BCUT2D eigenvalue weighted by molar-refractivity contribution is 5.95. The summed E-state index contributed by atoms with van der Waals surface area (Å²) in [6.45, 7) is 0.251. The minimum Gasteiger partial charge on any atom is -0.392 e. The number of aliphatic hydroxyl groups excluding tert-OH is 1. The Labute approximate surface area is 128 Å². The molecule has 22 heavy (non-hydrogen) atoms. The van der Waals surface area contributed by atoms with Crippen LogP contribution in [0, 0.1) is 0 Å². The average molecular weight is 308 g/mol. The van der Waals surface area contributed by atoms with E-state index in [-0.39, 0.29) is 12.5 Å². The van der Waals surface area contributed by atoms with Crippen molar-refractivity contribution >= 4 is 24.0 Å².